The summed E-state index contributed by atoms with van der Waals surface area (Å²) in [6, 6.07) is 0. The summed E-state index contributed by atoms with van der Waals surface area (Å²) < 4.78 is 5.11. The molecule has 0 unspecified atom stereocenters. The van der Waals surface area contributed by atoms with Crippen LogP contribution >= 0.6 is 24.0 Å². The smallest absolute Gasteiger partial charge is 0.188 e. The van der Waals surface area contributed by atoms with Crippen molar-refractivity contribution in [2.24, 2.45) is 10.7 Å². The molecule has 0 aromatic carbocycles. The van der Waals surface area contributed by atoms with Crippen LogP contribution in [-0.4, -0.2) is 44.0 Å². The monoisotopic (exact) mass is 373 g/mol. The quantitative estimate of drug-likeness (QED) is 0.222. The van der Waals surface area contributed by atoms with Crippen LogP contribution in [0.25, 0.3) is 0 Å². The van der Waals surface area contributed by atoms with Gasteiger partial charge in [-0.05, 0) is 12.8 Å². The molecule has 0 amide bonds. The second-order valence-electron chi connectivity index (χ2n) is 3.94. The third-order valence-electron chi connectivity index (χ3n) is 2.30. The Morgan fingerprint density at radius 3 is 2.67 bits per heavy atom. The van der Waals surface area contributed by atoms with Gasteiger partial charge in [0.05, 0.1) is 13.2 Å². The minimum atomic E-state index is 0. The van der Waals surface area contributed by atoms with Crippen LogP contribution in [0.1, 0.15) is 39.0 Å². The predicted octanol–water partition coefficient (Wildman–Crippen LogP) is 1.49. The Morgan fingerprint density at radius 1 is 1.22 bits per heavy atom. The van der Waals surface area contributed by atoms with Crippen molar-refractivity contribution in [2.75, 3.05) is 32.9 Å². The van der Waals surface area contributed by atoms with Crippen LogP contribution in [-0.2, 0) is 4.74 Å². The fourth-order valence-electron chi connectivity index (χ4n) is 1.36. The number of unbranched alkanes of at least 4 members (excludes halogenated alkanes) is 3. The molecular weight excluding hydrogens is 345 g/mol. The molecule has 0 radical (unpaired) electrons. The fraction of sp³-hybridized carbons (Fsp3) is 0.917. The normalized spacial score (nSPS) is 11.1. The van der Waals surface area contributed by atoms with Crippen LogP contribution in [0, 0.1) is 0 Å². The fourth-order valence-corrected chi connectivity index (χ4v) is 1.36. The zero-order valence-corrected chi connectivity index (χ0v) is 13.7. The summed E-state index contributed by atoms with van der Waals surface area (Å²) in [5.41, 5.74) is 5.69. The number of aliphatic hydroxyl groups is 1. The number of nitrogens with zero attached hydrogens (tertiary/aromatic N) is 1. The Morgan fingerprint density at radius 2 is 2.00 bits per heavy atom. The van der Waals surface area contributed by atoms with Crippen molar-refractivity contribution in [3.63, 3.8) is 0 Å². The number of guanidine groups is 1. The third kappa shape index (κ3) is 15.9. The Labute approximate surface area is 128 Å². The number of hydrogen-bond acceptors (Lipinski definition) is 3. The summed E-state index contributed by atoms with van der Waals surface area (Å²) in [7, 11) is 0. The van der Waals surface area contributed by atoms with Gasteiger partial charge in [0.1, 0.15) is 0 Å². The molecule has 110 valence electrons. The molecule has 4 N–H and O–H groups in total. The molecule has 0 bridgehead atoms. The zero-order valence-electron chi connectivity index (χ0n) is 11.4. The van der Waals surface area contributed by atoms with E-state index in [0.717, 1.165) is 19.4 Å². The molecule has 0 aromatic heterocycles. The van der Waals surface area contributed by atoms with Gasteiger partial charge in [0.15, 0.2) is 5.96 Å². The first kappa shape index (κ1) is 20.2. The summed E-state index contributed by atoms with van der Waals surface area (Å²) in [4.78, 5) is 4.18. The Balaban J connectivity index is 0. The lowest BCUT2D eigenvalue weighted by molar-refractivity contribution is 0.0918. The van der Waals surface area contributed by atoms with Gasteiger partial charge in [0, 0.05) is 19.7 Å². The van der Waals surface area contributed by atoms with Crippen molar-refractivity contribution in [1.82, 2.24) is 5.32 Å². The lowest BCUT2D eigenvalue weighted by atomic mass is 10.2. The van der Waals surface area contributed by atoms with Gasteiger partial charge in [-0.2, -0.15) is 0 Å². The first-order valence-corrected chi connectivity index (χ1v) is 6.53. The maximum atomic E-state index is 8.49. The number of rotatable bonds is 11. The van der Waals surface area contributed by atoms with Crippen LogP contribution in [0.3, 0.4) is 0 Å². The molecule has 18 heavy (non-hydrogen) atoms. The minimum absolute atomic E-state index is 0. The second kappa shape index (κ2) is 16.9. The van der Waals surface area contributed by atoms with E-state index in [2.05, 4.69) is 17.2 Å². The first-order valence-electron chi connectivity index (χ1n) is 6.53. The molecule has 0 saturated carbocycles. The van der Waals surface area contributed by atoms with E-state index in [4.69, 9.17) is 15.6 Å². The first-order chi connectivity index (χ1) is 8.31. The highest BCUT2D eigenvalue weighted by Crippen LogP contribution is 1.96. The summed E-state index contributed by atoms with van der Waals surface area (Å²) in [5, 5.41) is 11.6. The average molecular weight is 373 g/mol. The minimum Gasteiger partial charge on any atom is -0.394 e. The SMILES string of the molecule is CCCCCCNC(N)=NCCCOCCO.I. The number of nitrogens with two attached hydrogens (primary N) is 1. The standard InChI is InChI=1S/C12H27N3O2.HI/c1-2-3-4-5-7-14-12(13)15-8-6-10-17-11-9-16;/h16H,2-11H2,1H3,(H3,13,14,15);1H. The molecule has 0 saturated heterocycles. The highest BCUT2D eigenvalue weighted by atomic mass is 127. The van der Waals surface area contributed by atoms with Crippen molar-refractivity contribution in [3.05, 3.63) is 0 Å². The van der Waals surface area contributed by atoms with Crippen LogP contribution in [0.4, 0.5) is 0 Å². The van der Waals surface area contributed by atoms with Gasteiger partial charge < -0.3 is 20.9 Å². The number of aliphatic imine (C=N–C) groups is 1. The number of halogens is 1. The summed E-state index contributed by atoms with van der Waals surface area (Å²) in [5.74, 6) is 0.517. The number of ether oxygens (including phenoxy) is 1. The van der Waals surface area contributed by atoms with Gasteiger partial charge in [-0.25, -0.2) is 0 Å². The van der Waals surface area contributed by atoms with E-state index >= 15 is 0 Å². The zero-order chi connectivity index (χ0) is 12.8. The van der Waals surface area contributed by atoms with Crippen molar-refractivity contribution in [2.45, 2.75) is 39.0 Å². The molecular formula is C12H28IN3O2. The molecule has 5 nitrogen and oxygen atoms in total. The van der Waals surface area contributed by atoms with Crippen molar-refractivity contribution in [3.8, 4) is 0 Å². The summed E-state index contributed by atoms with van der Waals surface area (Å²) in [6.07, 6.45) is 5.74. The molecule has 6 heteroatoms. The topological polar surface area (TPSA) is 79.9 Å². The molecule has 0 fully saturated rings. The molecule has 0 heterocycles. The summed E-state index contributed by atoms with van der Waals surface area (Å²) in [6.45, 7) is 4.85. The van der Waals surface area contributed by atoms with Crippen LogP contribution in [0.2, 0.25) is 0 Å². The van der Waals surface area contributed by atoms with Crippen molar-refractivity contribution in [1.29, 1.82) is 0 Å². The Bertz CT molecular complexity index is 192. The number of nitrogens with one attached hydrogen (secondary N) is 1. The number of hydrogen-bond donors (Lipinski definition) is 3. The largest absolute Gasteiger partial charge is 0.394 e. The van der Waals surface area contributed by atoms with E-state index in [9.17, 15) is 0 Å². The predicted molar refractivity (Wildman–Crippen MR) is 86.6 cm³/mol. The highest BCUT2D eigenvalue weighted by Gasteiger charge is 1.92. The molecule has 0 aliphatic rings. The maximum absolute atomic E-state index is 8.49. The van der Waals surface area contributed by atoms with Gasteiger partial charge in [-0.3, -0.25) is 4.99 Å². The number of aliphatic hydroxyl groups excluding tert-OH is 1. The van der Waals surface area contributed by atoms with E-state index in [1.165, 1.54) is 19.3 Å². The summed E-state index contributed by atoms with van der Waals surface area (Å²) >= 11 is 0. The Hall–Kier alpha value is -0.0800. The molecule has 0 aliphatic heterocycles. The van der Waals surface area contributed by atoms with Crippen molar-refractivity contribution >= 4 is 29.9 Å². The molecule has 0 aliphatic carbocycles. The van der Waals surface area contributed by atoms with Crippen LogP contribution in [0.15, 0.2) is 4.99 Å². The second-order valence-corrected chi connectivity index (χ2v) is 3.94. The van der Waals surface area contributed by atoms with E-state index in [1.54, 1.807) is 0 Å². The third-order valence-corrected chi connectivity index (χ3v) is 2.30. The maximum Gasteiger partial charge on any atom is 0.188 e. The van der Waals surface area contributed by atoms with Crippen LogP contribution in [0.5, 0.6) is 0 Å². The van der Waals surface area contributed by atoms with E-state index in [-0.39, 0.29) is 30.6 Å². The van der Waals surface area contributed by atoms with Gasteiger partial charge in [-0.15, -0.1) is 24.0 Å². The average Bonchev–Trinajstić information content (AvgIpc) is 2.33. The van der Waals surface area contributed by atoms with E-state index < -0.39 is 0 Å². The highest BCUT2D eigenvalue weighted by molar-refractivity contribution is 14.0. The van der Waals surface area contributed by atoms with Gasteiger partial charge in [-0.1, -0.05) is 26.2 Å². The van der Waals surface area contributed by atoms with E-state index in [1.807, 2.05) is 0 Å². The Kier molecular flexibility index (Phi) is 19.0. The van der Waals surface area contributed by atoms with Gasteiger partial charge in [0.2, 0.25) is 0 Å². The van der Waals surface area contributed by atoms with Gasteiger partial charge in [0.25, 0.3) is 0 Å². The molecule has 0 spiro atoms. The van der Waals surface area contributed by atoms with Gasteiger partial charge >= 0.3 is 0 Å². The lowest BCUT2D eigenvalue weighted by Crippen LogP contribution is -2.32. The van der Waals surface area contributed by atoms with E-state index in [0.29, 0.717) is 25.7 Å². The molecule has 0 atom stereocenters. The lowest BCUT2D eigenvalue weighted by Gasteiger charge is -2.05. The van der Waals surface area contributed by atoms with Crippen molar-refractivity contribution < 1.29 is 9.84 Å². The molecule has 0 rings (SSSR count). The molecule has 0 aromatic rings. The van der Waals surface area contributed by atoms with Crippen LogP contribution < -0.4 is 11.1 Å².